The van der Waals surface area contributed by atoms with Crippen LogP contribution in [0.2, 0.25) is 0 Å². The number of aromatic nitrogens is 2. The van der Waals surface area contributed by atoms with Crippen LogP contribution in [0.4, 0.5) is 5.69 Å². The molecule has 2 fully saturated rings. The van der Waals surface area contributed by atoms with Crippen LogP contribution in [0.25, 0.3) is 11.3 Å². The molecule has 2 saturated heterocycles. The van der Waals surface area contributed by atoms with Gasteiger partial charge in [-0.15, -0.1) is 0 Å². The highest BCUT2D eigenvalue weighted by Crippen LogP contribution is 2.28. The lowest BCUT2D eigenvalue weighted by atomic mass is 10.1. The molecule has 5 rings (SSSR count). The topological polar surface area (TPSA) is 106 Å². The Morgan fingerprint density at radius 3 is 2.63 bits per heavy atom. The molecule has 9 nitrogen and oxygen atoms in total. The summed E-state index contributed by atoms with van der Waals surface area (Å²) in [6.45, 7) is 4.66. The molecule has 1 aromatic heterocycles. The van der Waals surface area contributed by atoms with Crippen molar-refractivity contribution in [2.45, 2.75) is 18.9 Å². The molecule has 1 unspecified atom stereocenters. The predicted octanol–water partition coefficient (Wildman–Crippen LogP) is 2.33. The minimum absolute atomic E-state index is 0.211. The van der Waals surface area contributed by atoms with E-state index in [-0.39, 0.29) is 12.0 Å². The third kappa shape index (κ3) is 5.93. The van der Waals surface area contributed by atoms with Crippen molar-refractivity contribution in [2.75, 3.05) is 57.8 Å². The van der Waals surface area contributed by atoms with Crippen LogP contribution in [0.15, 0.2) is 54.7 Å². The van der Waals surface area contributed by atoms with Crippen LogP contribution >= 0.6 is 0 Å². The summed E-state index contributed by atoms with van der Waals surface area (Å²) in [7, 11) is 2.16. The van der Waals surface area contributed by atoms with Crippen molar-refractivity contribution >= 4 is 11.6 Å². The summed E-state index contributed by atoms with van der Waals surface area (Å²) in [5, 5.41) is 18.8. The summed E-state index contributed by atoms with van der Waals surface area (Å²) in [6.07, 6.45) is 2.81. The van der Waals surface area contributed by atoms with Gasteiger partial charge in [0.2, 0.25) is 5.91 Å². The number of anilines is 1. The van der Waals surface area contributed by atoms with Crippen molar-refractivity contribution in [3.05, 3.63) is 71.7 Å². The molecule has 3 aromatic rings. The van der Waals surface area contributed by atoms with E-state index in [0.29, 0.717) is 43.1 Å². The summed E-state index contributed by atoms with van der Waals surface area (Å²) in [5.74, 6) is 0.889. The Hall–Kier alpha value is -4.00. The number of amides is 1. The first-order valence-electron chi connectivity index (χ1n) is 13.0. The maximum Gasteiger partial charge on any atom is 0.248 e. The van der Waals surface area contributed by atoms with Crippen molar-refractivity contribution in [2.24, 2.45) is 0 Å². The molecule has 2 aliphatic heterocycles. The molecule has 9 heteroatoms. The highest BCUT2D eigenvalue weighted by atomic mass is 16.5. The van der Waals surface area contributed by atoms with Crippen LogP contribution in [-0.2, 0) is 11.2 Å². The lowest BCUT2D eigenvalue weighted by Gasteiger charge is -2.34. The zero-order valence-electron chi connectivity index (χ0n) is 21.6. The monoisotopic (exact) mass is 512 g/mol. The van der Waals surface area contributed by atoms with Crippen LogP contribution in [0.5, 0.6) is 5.75 Å². The van der Waals surface area contributed by atoms with Gasteiger partial charge in [0.15, 0.2) is 0 Å². The molecule has 38 heavy (non-hydrogen) atoms. The molecule has 1 N–H and O–H groups in total. The highest BCUT2D eigenvalue weighted by Gasteiger charge is 2.27. The number of carbonyl (C=O) groups excluding carboxylic acids is 1. The van der Waals surface area contributed by atoms with Gasteiger partial charge in [0, 0.05) is 63.0 Å². The van der Waals surface area contributed by atoms with Gasteiger partial charge in [-0.1, -0.05) is 12.1 Å². The van der Waals surface area contributed by atoms with Crippen molar-refractivity contribution in [1.29, 1.82) is 5.26 Å². The zero-order chi connectivity index (χ0) is 26.5. The SMILES string of the molecule is CN1CCN(c2ccc(Cc3nccc(-c4ccc(OC5CCN(C(=O)CO)C5)c(C#N)c4)n3)cc2)CC1. The second-order valence-electron chi connectivity index (χ2n) is 9.84. The second kappa shape index (κ2) is 11.6. The fraction of sp³-hybridized carbons (Fsp3) is 0.379. The van der Waals surface area contributed by atoms with Gasteiger partial charge in [0.05, 0.1) is 17.8 Å². The fourth-order valence-corrected chi connectivity index (χ4v) is 4.93. The number of nitriles is 1. The normalized spacial score (nSPS) is 17.9. The molecule has 0 radical (unpaired) electrons. The van der Waals surface area contributed by atoms with Crippen LogP contribution in [-0.4, -0.2) is 89.8 Å². The number of aliphatic hydroxyl groups excluding tert-OH is 1. The Morgan fingerprint density at radius 2 is 1.89 bits per heavy atom. The number of ether oxygens (including phenoxy) is 1. The summed E-state index contributed by atoms with van der Waals surface area (Å²) < 4.78 is 6.04. The lowest BCUT2D eigenvalue weighted by molar-refractivity contribution is -0.133. The van der Waals surface area contributed by atoms with E-state index < -0.39 is 6.61 Å². The number of likely N-dealkylation sites (tertiary alicyclic amines) is 1. The maximum atomic E-state index is 11.7. The first kappa shape index (κ1) is 25.6. The van der Waals surface area contributed by atoms with E-state index in [9.17, 15) is 10.1 Å². The van der Waals surface area contributed by atoms with Crippen LogP contribution < -0.4 is 9.64 Å². The van der Waals surface area contributed by atoms with Crippen LogP contribution in [0, 0.1) is 11.3 Å². The van der Waals surface area contributed by atoms with E-state index in [0.717, 1.165) is 43.0 Å². The Morgan fingerprint density at radius 1 is 1.11 bits per heavy atom. The minimum Gasteiger partial charge on any atom is -0.487 e. The van der Waals surface area contributed by atoms with Gasteiger partial charge in [-0.25, -0.2) is 9.97 Å². The van der Waals surface area contributed by atoms with E-state index in [4.69, 9.17) is 14.8 Å². The third-order valence-corrected chi connectivity index (χ3v) is 7.19. The molecule has 2 aliphatic rings. The molecule has 0 saturated carbocycles. The second-order valence-corrected chi connectivity index (χ2v) is 9.84. The number of rotatable bonds is 7. The Bertz CT molecular complexity index is 1310. The minimum atomic E-state index is -0.506. The Balaban J connectivity index is 1.25. The van der Waals surface area contributed by atoms with E-state index in [1.165, 1.54) is 5.69 Å². The largest absolute Gasteiger partial charge is 0.487 e. The van der Waals surface area contributed by atoms with Crippen molar-refractivity contribution < 1.29 is 14.6 Å². The van der Waals surface area contributed by atoms with Crippen molar-refractivity contribution in [1.82, 2.24) is 19.8 Å². The van der Waals surface area contributed by atoms with Gasteiger partial charge in [-0.2, -0.15) is 5.26 Å². The van der Waals surface area contributed by atoms with Crippen molar-refractivity contribution in [3.63, 3.8) is 0 Å². The summed E-state index contributed by atoms with van der Waals surface area (Å²) in [6, 6.07) is 18.1. The quantitative estimate of drug-likeness (QED) is 0.514. The number of nitrogens with zero attached hydrogens (tertiary/aromatic N) is 6. The van der Waals surface area contributed by atoms with E-state index >= 15 is 0 Å². The summed E-state index contributed by atoms with van der Waals surface area (Å²) in [4.78, 5) is 27.3. The van der Waals surface area contributed by atoms with Gasteiger partial charge in [-0.05, 0) is 49.0 Å². The maximum absolute atomic E-state index is 11.7. The van der Waals surface area contributed by atoms with E-state index in [1.807, 2.05) is 12.1 Å². The molecule has 0 aliphatic carbocycles. The molecule has 0 bridgehead atoms. The summed E-state index contributed by atoms with van der Waals surface area (Å²) in [5.41, 5.74) is 4.35. The fourth-order valence-electron chi connectivity index (χ4n) is 4.93. The number of benzene rings is 2. The van der Waals surface area contributed by atoms with E-state index in [2.05, 4.69) is 52.2 Å². The zero-order valence-corrected chi connectivity index (χ0v) is 21.6. The Labute approximate surface area is 222 Å². The number of hydrogen-bond acceptors (Lipinski definition) is 8. The van der Waals surface area contributed by atoms with Gasteiger partial charge in [0.1, 0.15) is 30.4 Å². The number of hydrogen-bond donors (Lipinski definition) is 1. The van der Waals surface area contributed by atoms with Crippen LogP contribution in [0.1, 0.15) is 23.4 Å². The average Bonchev–Trinajstić information content (AvgIpc) is 3.42. The molecular weight excluding hydrogens is 480 g/mol. The number of aliphatic hydroxyl groups is 1. The molecule has 1 atom stereocenters. The van der Waals surface area contributed by atoms with Gasteiger partial charge in [-0.3, -0.25) is 4.79 Å². The molecule has 2 aromatic carbocycles. The molecule has 1 amide bonds. The molecular formula is C29H32N6O3. The molecule has 0 spiro atoms. The molecule has 196 valence electrons. The van der Waals surface area contributed by atoms with Crippen LogP contribution in [0.3, 0.4) is 0 Å². The number of piperazine rings is 1. The third-order valence-electron chi connectivity index (χ3n) is 7.19. The van der Waals surface area contributed by atoms with Gasteiger partial charge in [0.25, 0.3) is 0 Å². The smallest absolute Gasteiger partial charge is 0.248 e. The lowest BCUT2D eigenvalue weighted by Crippen LogP contribution is -2.44. The van der Waals surface area contributed by atoms with Gasteiger partial charge < -0.3 is 24.5 Å². The first-order valence-corrected chi connectivity index (χ1v) is 13.0. The Kier molecular flexibility index (Phi) is 7.82. The highest BCUT2D eigenvalue weighted by molar-refractivity contribution is 5.77. The van der Waals surface area contributed by atoms with Gasteiger partial charge >= 0.3 is 0 Å². The number of likely N-dealkylation sites (N-methyl/N-ethyl adjacent to an activating group) is 1. The average molecular weight is 513 g/mol. The number of carbonyl (C=O) groups is 1. The summed E-state index contributed by atoms with van der Waals surface area (Å²) >= 11 is 0. The molecule has 3 heterocycles. The predicted molar refractivity (Wildman–Crippen MR) is 144 cm³/mol. The first-order chi connectivity index (χ1) is 18.5. The standard InChI is InChI=1S/C29H32N6O3/c1-33-12-14-34(15-13-33)24-5-2-21(3-6-24)16-28-31-10-8-26(32-28)22-4-7-27(23(17-22)18-30)38-25-9-11-35(19-25)29(37)20-36/h2-8,10,17,25,36H,9,11-16,19-20H2,1H3. The van der Waals surface area contributed by atoms with E-state index in [1.54, 1.807) is 23.2 Å². The van der Waals surface area contributed by atoms with Crippen molar-refractivity contribution in [3.8, 4) is 23.1 Å².